The summed E-state index contributed by atoms with van der Waals surface area (Å²) in [4.78, 5) is 17.0. The van der Waals surface area contributed by atoms with Crippen LogP contribution < -0.4 is 10.6 Å². The summed E-state index contributed by atoms with van der Waals surface area (Å²) in [5, 5.41) is 14.8. The minimum absolute atomic E-state index is 0.00322. The molecule has 5 rings (SSSR count). The highest BCUT2D eigenvalue weighted by Crippen LogP contribution is 2.30. The molecule has 0 aliphatic rings. The van der Waals surface area contributed by atoms with Crippen LogP contribution in [0.15, 0.2) is 67.1 Å². The van der Waals surface area contributed by atoms with Crippen molar-refractivity contribution in [3.63, 3.8) is 0 Å². The summed E-state index contributed by atoms with van der Waals surface area (Å²) in [6, 6.07) is 11.5. The first-order valence-electron chi connectivity index (χ1n) is 11.3. The van der Waals surface area contributed by atoms with Gasteiger partial charge in [0.2, 0.25) is 0 Å². The number of hydrogen-bond donors (Lipinski definition) is 2. The maximum atomic E-state index is 15.0. The maximum absolute atomic E-state index is 15.0. The van der Waals surface area contributed by atoms with E-state index in [2.05, 4.69) is 25.8 Å². The second-order valence-corrected chi connectivity index (χ2v) is 8.66. The van der Waals surface area contributed by atoms with Crippen LogP contribution in [-0.4, -0.2) is 30.6 Å². The normalized spacial score (nSPS) is 11.3. The number of aromatic nitrogens is 5. The molecule has 8 nitrogen and oxygen atoms in total. The molecule has 0 bridgehead atoms. The van der Waals surface area contributed by atoms with Gasteiger partial charge in [0, 0.05) is 30.3 Å². The molecule has 5 aromatic rings. The molecular formula is C26H23F2N7O. The summed E-state index contributed by atoms with van der Waals surface area (Å²) < 4.78 is 31.9. The number of halogens is 2. The summed E-state index contributed by atoms with van der Waals surface area (Å²) in [5.74, 6) is -0.630. The van der Waals surface area contributed by atoms with E-state index in [1.54, 1.807) is 47.5 Å². The molecule has 0 atom stereocenters. The Labute approximate surface area is 205 Å². The third-order valence-corrected chi connectivity index (χ3v) is 5.82. The van der Waals surface area contributed by atoms with Crippen molar-refractivity contribution in [2.24, 2.45) is 7.05 Å². The van der Waals surface area contributed by atoms with E-state index in [0.717, 1.165) is 16.5 Å². The molecule has 0 aliphatic carbocycles. The lowest BCUT2D eigenvalue weighted by atomic mass is 10.0. The average Bonchev–Trinajstić information content (AvgIpc) is 3.44. The Morgan fingerprint density at radius 3 is 2.58 bits per heavy atom. The monoisotopic (exact) mass is 487 g/mol. The van der Waals surface area contributed by atoms with Crippen LogP contribution in [0.5, 0.6) is 0 Å². The number of aryl methyl sites for hydroxylation is 1. The van der Waals surface area contributed by atoms with Gasteiger partial charge in [0.15, 0.2) is 0 Å². The van der Waals surface area contributed by atoms with Crippen LogP contribution in [0.1, 0.15) is 25.5 Å². The lowest BCUT2D eigenvalue weighted by Crippen LogP contribution is -2.22. The van der Waals surface area contributed by atoms with E-state index in [1.807, 2.05) is 20.9 Å². The third kappa shape index (κ3) is 4.40. The van der Waals surface area contributed by atoms with Crippen LogP contribution in [0.3, 0.4) is 0 Å². The summed E-state index contributed by atoms with van der Waals surface area (Å²) in [6.45, 7) is 3.92. The average molecular weight is 488 g/mol. The first kappa shape index (κ1) is 23.2. The van der Waals surface area contributed by atoms with E-state index in [1.165, 1.54) is 28.9 Å². The van der Waals surface area contributed by atoms with Gasteiger partial charge in [-0.3, -0.25) is 15.0 Å². The quantitative estimate of drug-likeness (QED) is 0.325. The number of carbonyl (C=O) groups excluding carboxylic acids is 1. The molecule has 3 aromatic heterocycles. The molecule has 3 heterocycles. The molecule has 36 heavy (non-hydrogen) atoms. The lowest BCUT2D eigenvalue weighted by molar-refractivity contribution is 0.262. The fourth-order valence-electron chi connectivity index (χ4n) is 3.92. The number of benzene rings is 2. The van der Waals surface area contributed by atoms with Gasteiger partial charge < -0.3 is 5.32 Å². The highest BCUT2D eigenvalue weighted by molar-refractivity contribution is 6.00. The fraction of sp³-hybridized carbons (Fsp3) is 0.154. The first-order valence-corrected chi connectivity index (χ1v) is 11.3. The molecule has 0 saturated heterocycles. The molecule has 2 amide bonds. The van der Waals surface area contributed by atoms with Gasteiger partial charge in [0.1, 0.15) is 17.5 Å². The van der Waals surface area contributed by atoms with Crippen molar-refractivity contribution < 1.29 is 13.6 Å². The lowest BCUT2D eigenvalue weighted by Gasteiger charge is -2.11. The number of rotatable bonds is 5. The molecule has 10 heteroatoms. The Bertz CT molecular complexity index is 1590. The number of urea groups is 1. The molecule has 0 saturated carbocycles. The van der Waals surface area contributed by atoms with Crippen molar-refractivity contribution in [3.05, 3.63) is 84.4 Å². The standard InChI is InChI=1S/C26H23F2N7O/c1-15(2)23-11-25(35(33-23)18-6-4-5-17(27)10-18)32-26(36)31-22-8-7-16(9-21(22)28)19-12-29-14-24-20(19)13-30-34(24)3/h4-15H,1-3H3,(H2,31,32,36). The second kappa shape index (κ2) is 9.21. The Hall–Kier alpha value is -4.60. The predicted molar refractivity (Wildman–Crippen MR) is 134 cm³/mol. The number of nitrogens with one attached hydrogen (secondary N) is 2. The highest BCUT2D eigenvalue weighted by atomic mass is 19.1. The van der Waals surface area contributed by atoms with Gasteiger partial charge in [-0.05, 0) is 41.8 Å². The van der Waals surface area contributed by atoms with Crippen molar-refractivity contribution in [2.75, 3.05) is 10.6 Å². The minimum atomic E-state index is -0.662. The van der Waals surface area contributed by atoms with E-state index in [0.29, 0.717) is 22.8 Å². The van der Waals surface area contributed by atoms with Crippen molar-refractivity contribution >= 4 is 28.4 Å². The van der Waals surface area contributed by atoms with Crippen LogP contribution >= 0.6 is 0 Å². The molecule has 0 spiro atoms. The van der Waals surface area contributed by atoms with E-state index < -0.39 is 17.7 Å². The molecule has 0 unspecified atom stereocenters. The molecule has 0 radical (unpaired) electrons. The Morgan fingerprint density at radius 2 is 1.83 bits per heavy atom. The topological polar surface area (TPSA) is 89.7 Å². The van der Waals surface area contributed by atoms with E-state index in [4.69, 9.17) is 0 Å². The Morgan fingerprint density at radius 1 is 1.00 bits per heavy atom. The summed E-state index contributed by atoms with van der Waals surface area (Å²) in [6.07, 6.45) is 5.05. The number of fused-ring (bicyclic) bond motifs is 1. The van der Waals surface area contributed by atoms with E-state index >= 15 is 0 Å². The predicted octanol–water partition coefficient (Wildman–Crippen LogP) is 5.87. The maximum Gasteiger partial charge on any atom is 0.324 e. The molecule has 182 valence electrons. The van der Waals surface area contributed by atoms with Crippen molar-refractivity contribution in [1.29, 1.82) is 0 Å². The summed E-state index contributed by atoms with van der Waals surface area (Å²) in [5.41, 5.74) is 3.33. The van der Waals surface area contributed by atoms with Gasteiger partial charge in [-0.25, -0.2) is 18.3 Å². The zero-order chi connectivity index (χ0) is 25.4. The van der Waals surface area contributed by atoms with Crippen LogP contribution in [0, 0.1) is 11.6 Å². The third-order valence-electron chi connectivity index (χ3n) is 5.82. The number of hydrogen-bond acceptors (Lipinski definition) is 4. The first-order chi connectivity index (χ1) is 17.3. The number of nitrogens with zero attached hydrogens (tertiary/aromatic N) is 5. The SMILES string of the molecule is CC(C)c1cc(NC(=O)Nc2ccc(-c3cncc4c3cnn4C)cc2F)n(-c2cccc(F)c2)n1. The number of pyridine rings is 1. The van der Waals surface area contributed by atoms with Gasteiger partial charge in [-0.1, -0.05) is 26.0 Å². The van der Waals surface area contributed by atoms with Crippen LogP contribution in [0.2, 0.25) is 0 Å². The summed E-state index contributed by atoms with van der Waals surface area (Å²) >= 11 is 0. The molecule has 2 aromatic carbocycles. The number of anilines is 2. The molecular weight excluding hydrogens is 464 g/mol. The molecule has 0 fully saturated rings. The Kier molecular flexibility index (Phi) is 5.93. The smallest absolute Gasteiger partial charge is 0.305 e. The zero-order valence-electron chi connectivity index (χ0n) is 19.8. The van der Waals surface area contributed by atoms with Crippen LogP contribution in [0.4, 0.5) is 25.1 Å². The van der Waals surface area contributed by atoms with Crippen molar-refractivity contribution in [3.8, 4) is 16.8 Å². The van der Waals surface area contributed by atoms with Gasteiger partial charge >= 0.3 is 6.03 Å². The van der Waals surface area contributed by atoms with Gasteiger partial charge in [0.05, 0.1) is 35.0 Å². The minimum Gasteiger partial charge on any atom is -0.305 e. The van der Waals surface area contributed by atoms with Crippen LogP contribution in [0.25, 0.3) is 27.7 Å². The van der Waals surface area contributed by atoms with Crippen molar-refractivity contribution in [2.45, 2.75) is 19.8 Å². The second-order valence-electron chi connectivity index (χ2n) is 8.66. The van der Waals surface area contributed by atoms with Gasteiger partial charge in [-0.2, -0.15) is 10.2 Å². The summed E-state index contributed by atoms with van der Waals surface area (Å²) in [7, 11) is 1.81. The largest absolute Gasteiger partial charge is 0.324 e. The van der Waals surface area contributed by atoms with Gasteiger partial charge in [-0.15, -0.1) is 0 Å². The molecule has 0 aliphatic heterocycles. The zero-order valence-corrected chi connectivity index (χ0v) is 19.8. The number of amides is 2. The molecule has 2 N–H and O–H groups in total. The Balaban J connectivity index is 1.39. The van der Waals surface area contributed by atoms with E-state index in [-0.39, 0.29) is 11.6 Å². The highest BCUT2D eigenvalue weighted by Gasteiger charge is 2.17. The van der Waals surface area contributed by atoms with Crippen molar-refractivity contribution in [1.82, 2.24) is 24.5 Å². The fourth-order valence-corrected chi connectivity index (χ4v) is 3.92. The van der Waals surface area contributed by atoms with Gasteiger partial charge in [0.25, 0.3) is 0 Å². The van der Waals surface area contributed by atoms with Crippen LogP contribution in [-0.2, 0) is 7.05 Å². The number of carbonyl (C=O) groups is 1. The van der Waals surface area contributed by atoms with E-state index in [9.17, 15) is 13.6 Å².